The molecule has 0 aliphatic rings. The molecule has 0 saturated carbocycles. The summed E-state index contributed by atoms with van der Waals surface area (Å²) in [4.78, 5) is 12.9. The van der Waals surface area contributed by atoms with E-state index in [0.717, 1.165) is 12.8 Å². The quantitative estimate of drug-likeness (QED) is 0.439. The summed E-state index contributed by atoms with van der Waals surface area (Å²) >= 11 is 5.39. The second kappa shape index (κ2) is 14.6. The van der Waals surface area contributed by atoms with E-state index >= 15 is 0 Å². The average Bonchev–Trinajstić information content (AvgIpc) is 2.31. The van der Waals surface area contributed by atoms with Crippen LogP contribution in [0.15, 0.2) is 0 Å². The number of rotatable bonds is 7. The molecule has 0 N–H and O–H groups in total. The third-order valence-electron chi connectivity index (χ3n) is 2.15. The van der Waals surface area contributed by atoms with Crippen molar-refractivity contribution in [2.75, 3.05) is 12.4 Å². The summed E-state index contributed by atoms with van der Waals surface area (Å²) in [5.41, 5.74) is 0. The number of ether oxygens (including phenoxy) is 1. The zero-order valence-electron chi connectivity index (χ0n) is 10.1. The molecule has 15 heavy (non-hydrogen) atoms. The maximum absolute atomic E-state index is 10.8. The topological polar surface area (TPSA) is 26.3 Å². The van der Waals surface area contributed by atoms with Crippen LogP contribution in [-0.4, -0.2) is 40.9 Å². The third-order valence-corrected chi connectivity index (χ3v) is 2.41. The molecular weight excluding hydrogens is 315 g/mol. The monoisotopic (exact) mass is 339 g/mol. The van der Waals surface area contributed by atoms with Crippen molar-refractivity contribution >= 4 is 41.1 Å². The Balaban J connectivity index is 0. The SMILES string of the molecule is CCCCC(CC)COC(=O)CS.[CH3][Sn]. The van der Waals surface area contributed by atoms with E-state index in [1.54, 1.807) is 22.5 Å². The summed E-state index contributed by atoms with van der Waals surface area (Å²) in [5.74, 6) is 0.506. The van der Waals surface area contributed by atoms with E-state index in [-0.39, 0.29) is 11.7 Å². The number of carbonyl (C=O) groups excluding carboxylic acids is 1. The molecule has 0 aromatic rings. The van der Waals surface area contributed by atoms with Crippen LogP contribution in [-0.2, 0) is 9.53 Å². The van der Waals surface area contributed by atoms with Crippen molar-refractivity contribution in [1.82, 2.24) is 0 Å². The van der Waals surface area contributed by atoms with Gasteiger partial charge in [0.1, 0.15) is 0 Å². The van der Waals surface area contributed by atoms with Gasteiger partial charge in [0.05, 0.1) is 12.4 Å². The van der Waals surface area contributed by atoms with Crippen molar-refractivity contribution in [1.29, 1.82) is 0 Å². The molecule has 2 nitrogen and oxygen atoms in total. The minimum absolute atomic E-state index is 0.185. The van der Waals surface area contributed by atoms with Gasteiger partial charge in [-0.2, -0.15) is 12.6 Å². The number of unbranched alkanes of at least 4 members (excludes halogenated alkanes) is 1. The molecule has 0 saturated heterocycles. The van der Waals surface area contributed by atoms with Crippen LogP contribution in [0.2, 0.25) is 4.94 Å². The summed E-state index contributed by atoms with van der Waals surface area (Å²) in [5, 5.41) is 0. The molecule has 0 bridgehead atoms. The Morgan fingerprint density at radius 1 is 1.40 bits per heavy atom. The third kappa shape index (κ3) is 12.6. The van der Waals surface area contributed by atoms with Gasteiger partial charge in [-0.25, -0.2) is 0 Å². The summed E-state index contributed by atoms with van der Waals surface area (Å²) in [6.45, 7) is 4.87. The Labute approximate surface area is 113 Å². The van der Waals surface area contributed by atoms with E-state index < -0.39 is 0 Å². The molecule has 3 radical (unpaired) electrons. The molecule has 0 rings (SSSR count). The van der Waals surface area contributed by atoms with E-state index in [0.29, 0.717) is 12.5 Å². The molecule has 89 valence electrons. The summed E-state index contributed by atoms with van der Waals surface area (Å²) < 4.78 is 5.03. The average molecular weight is 338 g/mol. The summed E-state index contributed by atoms with van der Waals surface area (Å²) in [6, 6.07) is 0. The van der Waals surface area contributed by atoms with E-state index in [1.807, 2.05) is 0 Å². The van der Waals surface area contributed by atoms with Crippen molar-refractivity contribution in [2.24, 2.45) is 5.92 Å². The van der Waals surface area contributed by atoms with Crippen LogP contribution in [0.25, 0.3) is 0 Å². The van der Waals surface area contributed by atoms with Crippen molar-refractivity contribution in [3.63, 3.8) is 0 Å². The maximum atomic E-state index is 10.8. The Hall–Kier alpha value is 0.619. The Morgan fingerprint density at radius 2 is 2.00 bits per heavy atom. The van der Waals surface area contributed by atoms with Gasteiger partial charge >= 0.3 is 33.4 Å². The molecule has 1 unspecified atom stereocenters. The van der Waals surface area contributed by atoms with Gasteiger partial charge in [0.25, 0.3) is 0 Å². The fourth-order valence-electron chi connectivity index (χ4n) is 1.15. The first-order valence-corrected chi connectivity index (χ1v) is 8.99. The normalized spacial score (nSPS) is 11.3. The zero-order valence-corrected chi connectivity index (χ0v) is 13.8. The Bertz CT molecular complexity index is 143. The van der Waals surface area contributed by atoms with Gasteiger partial charge in [-0.15, -0.1) is 0 Å². The Kier molecular flexibility index (Phi) is 17.5. The van der Waals surface area contributed by atoms with E-state index in [1.165, 1.54) is 12.8 Å². The van der Waals surface area contributed by atoms with Crippen LogP contribution >= 0.6 is 12.6 Å². The van der Waals surface area contributed by atoms with Gasteiger partial charge in [-0.3, -0.25) is 4.79 Å². The first-order chi connectivity index (χ1) is 7.24. The Morgan fingerprint density at radius 3 is 2.40 bits per heavy atom. The predicted octanol–water partition coefficient (Wildman–Crippen LogP) is 2.88. The van der Waals surface area contributed by atoms with E-state index in [4.69, 9.17) is 4.74 Å². The fourth-order valence-corrected chi connectivity index (χ4v) is 1.25. The van der Waals surface area contributed by atoms with Gasteiger partial charge in [0.2, 0.25) is 0 Å². The fraction of sp³-hybridized carbons (Fsp3) is 0.909. The van der Waals surface area contributed by atoms with Crippen LogP contribution in [0.3, 0.4) is 0 Å². The molecule has 0 aliphatic carbocycles. The molecule has 0 aromatic heterocycles. The summed E-state index contributed by atoms with van der Waals surface area (Å²) in [7, 11) is 0. The van der Waals surface area contributed by atoms with Crippen LogP contribution < -0.4 is 0 Å². The first kappa shape index (κ1) is 18.0. The van der Waals surface area contributed by atoms with Gasteiger partial charge in [-0.1, -0.05) is 33.1 Å². The molecule has 4 heteroatoms. The standard InChI is InChI=1S/C10H20O2S.CH3.Sn/c1-3-5-6-9(4-2)7-12-10(11)8-13;;/h9,13H,3-8H2,1-2H3;1H3;. The van der Waals surface area contributed by atoms with Crippen LogP contribution in [0.4, 0.5) is 0 Å². The van der Waals surface area contributed by atoms with E-state index in [9.17, 15) is 4.79 Å². The van der Waals surface area contributed by atoms with Crippen molar-refractivity contribution in [2.45, 2.75) is 44.5 Å². The molecular formula is C11H23O2SSn. The van der Waals surface area contributed by atoms with Gasteiger partial charge in [0, 0.05) is 0 Å². The molecule has 0 spiro atoms. The van der Waals surface area contributed by atoms with Crippen LogP contribution in [0.1, 0.15) is 39.5 Å². The van der Waals surface area contributed by atoms with Gasteiger partial charge in [0.15, 0.2) is 0 Å². The molecule has 0 aliphatic heterocycles. The van der Waals surface area contributed by atoms with E-state index in [2.05, 4.69) is 31.4 Å². The number of hydrogen-bond acceptors (Lipinski definition) is 3. The van der Waals surface area contributed by atoms with Crippen LogP contribution in [0.5, 0.6) is 0 Å². The second-order valence-electron chi connectivity index (χ2n) is 3.26. The van der Waals surface area contributed by atoms with Crippen molar-refractivity contribution < 1.29 is 9.53 Å². The number of thiol groups is 1. The van der Waals surface area contributed by atoms with Gasteiger partial charge in [-0.05, 0) is 12.3 Å². The zero-order chi connectivity index (χ0) is 12.1. The van der Waals surface area contributed by atoms with Crippen molar-refractivity contribution in [3.05, 3.63) is 0 Å². The number of esters is 1. The minimum atomic E-state index is -0.210. The first-order valence-electron chi connectivity index (χ1n) is 5.51. The molecule has 0 fully saturated rings. The predicted molar refractivity (Wildman–Crippen MR) is 69.7 cm³/mol. The summed E-state index contributed by atoms with van der Waals surface area (Å²) in [6.07, 6.45) is 4.67. The molecule has 0 heterocycles. The molecule has 0 amide bonds. The molecule has 1 atom stereocenters. The second-order valence-corrected chi connectivity index (χ2v) is 3.57. The van der Waals surface area contributed by atoms with Gasteiger partial charge < -0.3 is 4.74 Å². The molecule has 0 aromatic carbocycles. The number of hydrogen-bond donors (Lipinski definition) is 1. The number of carbonyl (C=O) groups is 1. The van der Waals surface area contributed by atoms with Crippen LogP contribution in [0, 0.1) is 5.92 Å². The van der Waals surface area contributed by atoms with Crippen molar-refractivity contribution in [3.8, 4) is 0 Å².